The normalized spacial score (nSPS) is 11.2. The van der Waals surface area contributed by atoms with Crippen LogP contribution in [0, 0.1) is 22.7 Å². The number of para-hydroxylation sites is 2. The van der Waals surface area contributed by atoms with Crippen LogP contribution >= 0.6 is 23.2 Å². The number of nitrogens with zero attached hydrogens (tertiary/aromatic N) is 4. The molecule has 0 amide bonds. The third-order valence-electron chi connectivity index (χ3n) is 6.55. The molecular formula is C34H32Cl2N4O4. The van der Waals surface area contributed by atoms with Gasteiger partial charge in [0.1, 0.15) is 23.3 Å². The Morgan fingerprint density at radius 1 is 0.682 bits per heavy atom. The largest absolute Gasteiger partial charge is 0.418 e. The molecular weight excluding hydrogens is 599 g/mol. The SMILES string of the molecule is CCN(CCCl)c1ccc(C=C(C#N)C(=O)Oc2ccccc2OC(=O)C(C#N)=Cc2ccc(N(CC)CCCl)cc2)cc1. The van der Waals surface area contributed by atoms with Crippen molar-refractivity contribution in [3.63, 3.8) is 0 Å². The van der Waals surface area contributed by atoms with Crippen molar-refractivity contribution in [1.82, 2.24) is 0 Å². The Bertz CT molecular complexity index is 1450. The van der Waals surface area contributed by atoms with Crippen LogP contribution in [0.15, 0.2) is 83.9 Å². The van der Waals surface area contributed by atoms with Crippen LogP contribution in [-0.4, -0.2) is 49.9 Å². The van der Waals surface area contributed by atoms with Crippen molar-refractivity contribution in [2.24, 2.45) is 0 Å². The zero-order valence-corrected chi connectivity index (χ0v) is 26.0. The van der Waals surface area contributed by atoms with Crippen LogP contribution in [0.25, 0.3) is 12.2 Å². The summed E-state index contributed by atoms with van der Waals surface area (Å²) in [6.07, 6.45) is 2.82. The van der Waals surface area contributed by atoms with Gasteiger partial charge in [0.05, 0.1) is 0 Å². The van der Waals surface area contributed by atoms with Crippen molar-refractivity contribution in [1.29, 1.82) is 10.5 Å². The molecule has 0 aliphatic carbocycles. The van der Waals surface area contributed by atoms with E-state index in [4.69, 9.17) is 32.7 Å². The molecule has 0 saturated heterocycles. The third kappa shape index (κ3) is 9.37. The Kier molecular flexibility index (Phi) is 13.3. The first-order valence-corrected chi connectivity index (χ1v) is 15.0. The number of nitriles is 2. The maximum Gasteiger partial charge on any atom is 0.354 e. The van der Waals surface area contributed by atoms with Crippen molar-refractivity contribution >= 4 is 58.7 Å². The van der Waals surface area contributed by atoms with Crippen LogP contribution in [0.5, 0.6) is 11.5 Å². The van der Waals surface area contributed by atoms with E-state index in [2.05, 4.69) is 9.80 Å². The highest BCUT2D eigenvalue weighted by atomic mass is 35.5. The predicted octanol–water partition coefficient (Wildman–Crippen LogP) is 6.84. The Hall–Kier alpha value is -4.76. The third-order valence-corrected chi connectivity index (χ3v) is 6.88. The number of hydrogen-bond acceptors (Lipinski definition) is 8. The summed E-state index contributed by atoms with van der Waals surface area (Å²) in [5, 5.41) is 19.3. The second-order valence-electron chi connectivity index (χ2n) is 9.29. The molecule has 3 aromatic rings. The quantitative estimate of drug-likeness (QED) is 0.0626. The highest BCUT2D eigenvalue weighted by molar-refractivity contribution is 6.18. The lowest BCUT2D eigenvalue weighted by Gasteiger charge is -2.21. The molecule has 0 fully saturated rings. The molecule has 0 aromatic heterocycles. The van der Waals surface area contributed by atoms with Gasteiger partial charge in [0.25, 0.3) is 0 Å². The first kappa shape index (κ1) is 33.7. The zero-order valence-electron chi connectivity index (χ0n) is 24.5. The van der Waals surface area contributed by atoms with E-state index in [9.17, 15) is 20.1 Å². The van der Waals surface area contributed by atoms with E-state index in [1.54, 1.807) is 36.4 Å². The van der Waals surface area contributed by atoms with Crippen molar-refractivity contribution in [3.8, 4) is 23.6 Å². The molecule has 0 saturated carbocycles. The average Bonchev–Trinajstić information content (AvgIpc) is 3.05. The molecule has 0 radical (unpaired) electrons. The Balaban J connectivity index is 1.75. The lowest BCUT2D eigenvalue weighted by molar-refractivity contribution is -0.132. The van der Waals surface area contributed by atoms with E-state index in [0.717, 1.165) is 24.5 Å². The molecule has 10 heteroatoms. The van der Waals surface area contributed by atoms with E-state index in [-0.39, 0.29) is 22.6 Å². The van der Waals surface area contributed by atoms with E-state index in [0.29, 0.717) is 36.0 Å². The lowest BCUT2D eigenvalue weighted by Crippen LogP contribution is -2.24. The first-order chi connectivity index (χ1) is 21.4. The fraction of sp³-hybridized carbons (Fsp3) is 0.235. The van der Waals surface area contributed by atoms with Gasteiger partial charge < -0.3 is 19.3 Å². The number of rotatable bonds is 14. The van der Waals surface area contributed by atoms with Crippen LogP contribution in [0.4, 0.5) is 11.4 Å². The van der Waals surface area contributed by atoms with Gasteiger partial charge in [0, 0.05) is 49.3 Å². The number of carbonyl (C=O) groups is 2. The van der Waals surface area contributed by atoms with Crippen LogP contribution in [0.3, 0.4) is 0 Å². The second-order valence-corrected chi connectivity index (χ2v) is 10.0. The molecule has 226 valence electrons. The van der Waals surface area contributed by atoms with Crippen LogP contribution in [0.1, 0.15) is 25.0 Å². The van der Waals surface area contributed by atoms with Crippen LogP contribution in [-0.2, 0) is 9.59 Å². The fourth-order valence-electron chi connectivity index (χ4n) is 4.24. The standard InChI is InChI=1S/C34H32Cl2N4O4/c1-3-39(19-17-35)29-13-9-25(10-14-29)21-27(23-37)33(41)43-31-7-5-6-8-32(31)44-34(42)28(24-38)22-26-11-15-30(16-12-26)40(4-2)20-18-36/h5-16,21-22H,3-4,17-20H2,1-2H3. The Labute approximate surface area is 267 Å². The van der Waals surface area contributed by atoms with Gasteiger partial charge in [0.15, 0.2) is 11.5 Å². The first-order valence-electron chi connectivity index (χ1n) is 14.0. The van der Waals surface area contributed by atoms with E-state index in [1.165, 1.54) is 24.3 Å². The number of hydrogen-bond donors (Lipinski definition) is 0. The second kappa shape index (κ2) is 17.4. The van der Waals surface area contributed by atoms with Crippen LogP contribution < -0.4 is 19.3 Å². The summed E-state index contributed by atoms with van der Waals surface area (Å²) in [5.41, 5.74) is 2.69. The minimum absolute atomic E-state index is 0.0809. The highest BCUT2D eigenvalue weighted by Gasteiger charge is 2.19. The monoisotopic (exact) mass is 630 g/mol. The van der Waals surface area contributed by atoms with Gasteiger partial charge in [-0.15, -0.1) is 23.2 Å². The van der Waals surface area contributed by atoms with Crippen molar-refractivity contribution < 1.29 is 19.1 Å². The molecule has 0 aliphatic rings. The van der Waals surface area contributed by atoms with Gasteiger partial charge in [-0.2, -0.15) is 10.5 Å². The minimum Gasteiger partial charge on any atom is -0.418 e. The highest BCUT2D eigenvalue weighted by Crippen LogP contribution is 2.29. The molecule has 0 unspecified atom stereocenters. The summed E-state index contributed by atoms with van der Waals surface area (Å²) in [7, 11) is 0. The van der Waals surface area contributed by atoms with Crippen LogP contribution in [0.2, 0.25) is 0 Å². The topological polar surface area (TPSA) is 107 Å². The average molecular weight is 632 g/mol. The summed E-state index contributed by atoms with van der Waals surface area (Å²) >= 11 is 11.8. The summed E-state index contributed by atoms with van der Waals surface area (Å²) in [5.74, 6) is -1.03. The van der Waals surface area contributed by atoms with E-state index in [1.807, 2.05) is 50.3 Å². The number of anilines is 2. The number of carbonyl (C=O) groups excluding carboxylic acids is 2. The minimum atomic E-state index is -0.927. The fourth-order valence-corrected chi connectivity index (χ4v) is 4.65. The molecule has 3 aromatic carbocycles. The molecule has 0 aliphatic heterocycles. The van der Waals surface area contributed by atoms with Gasteiger partial charge in [0.2, 0.25) is 0 Å². The number of esters is 2. The van der Waals surface area contributed by atoms with Gasteiger partial charge in [-0.1, -0.05) is 36.4 Å². The van der Waals surface area contributed by atoms with Crippen molar-refractivity contribution in [2.45, 2.75) is 13.8 Å². The molecule has 0 atom stereocenters. The summed E-state index contributed by atoms with van der Waals surface area (Å²) in [6, 6.07) is 24.4. The number of alkyl halides is 2. The smallest absolute Gasteiger partial charge is 0.354 e. The lowest BCUT2D eigenvalue weighted by atomic mass is 10.1. The van der Waals surface area contributed by atoms with Crippen molar-refractivity contribution in [3.05, 3.63) is 95.1 Å². The summed E-state index contributed by atoms with van der Waals surface area (Å²) < 4.78 is 10.9. The molecule has 0 heterocycles. The molecule has 0 spiro atoms. The number of benzene rings is 3. The number of ether oxygens (including phenoxy) is 2. The van der Waals surface area contributed by atoms with Gasteiger partial charge in [-0.25, -0.2) is 9.59 Å². The van der Waals surface area contributed by atoms with Gasteiger partial charge >= 0.3 is 11.9 Å². The summed E-state index contributed by atoms with van der Waals surface area (Å²) in [6.45, 7) is 7.01. The molecule has 8 nitrogen and oxygen atoms in total. The van der Waals surface area contributed by atoms with Gasteiger partial charge in [-0.3, -0.25) is 0 Å². The Morgan fingerprint density at radius 3 is 1.34 bits per heavy atom. The van der Waals surface area contributed by atoms with Gasteiger partial charge in [-0.05, 0) is 73.5 Å². The van der Waals surface area contributed by atoms with E-state index < -0.39 is 11.9 Å². The van der Waals surface area contributed by atoms with E-state index >= 15 is 0 Å². The molecule has 0 bridgehead atoms. The molecule has 3 rings (SSSR count). The van der Waals surface area contributed by atoms with Crippen molar-refractivity contribution in [2.75, 3.05) is 47.7 Å². The maximum atomic E-state index is 12.9. The molecule has 44 heavy (non-hydrogen) atoms. The summed E-state index contributed by atoms with van der Waals surface area (Å²) in [4.78, 5) is 30.0. The predicted molar refractivity (Wildman–Crippen MR) is 175 cm³/mol. The number of halogens is 2. The maximum absolute atomic E-state index is 12.9. The molecule has 0 N–H and O–H groups in total. The zero-order chi connectivity index (χ0) is 31.9. The Morgan fingerprint density at radius 2 is 1.05 bits per heavy atom.